The average Bonchev–Trinajstić information content (AvgIpc) is 3.61. The smallest absolute Gasteiger partial charge is 0.230 e. The summed E-state index contributed by atoms with van der Waals surface area (Å²) in [6, 6.07) is 22.7. The molecule has 6 nitrogen and oxygen atoms in total. The maximum Gasteiger partial charge on any atom is 0.230 e. The maximum absolute atomic E-state index is 11.3. The third kappa shape index (κ3) is 4.53. The molecule has 0 spiro atoms. The summed E-state index contributed by atoms with van der Waals surface area (Å²) in [7, 11) is 0. The molecule has 1 aliphatic heterocycles. The van der Waals surface area contributed by atoms with Crippen LogP contribution in [-0.4, -0.2) is 37.7 Å². The first kappa shape index (κ1) is 22.5. The fraction of sp³-hybridized carbons (Fsp3) is 0.259. The molecule has 6 rings (SSSR count). The van der Waals surface area contributed by atoms with E-state index in [-0.39, 0.29) is 11.9 Å². The van der Waals surface area contributed by atoms with Crippen LogP contribution in [0.15, 0.2) is 81.9 Å². The van der Waals surface area contributed by atoms with E-state index in [1.807, 2.05) is 6.07 Å². The molecular weight excluding hydrogens is 524 g/mol. The van der Waals surface area contributed by atoms with Crippen LogP contribution < -0.4 is 0 Å². The van der Waals surface area contributed by atoms with E-state index in [2.05, 4.69) is 85.5 Å². The van der Waals surface area contributed by atoms with Crippen molar-refractivity contribution in [1.29, 1.82) is 0 Å². The molecule has 35 heavy (non-hydrogen) atoms. The summed E-state index contributed by atoms with van der Waals surface area (Å²) in [6.45, 7) is 1.95. The monoisotopic (exact) mass is 548 g/mol. The van der Waals surface area contributed by atoms with E-state index in [0.29, 0.717) is 22.5 Å². The molecule has 0 bridgehead atoms. The molecule has 178 valence electrons. The van der Waals surface area contributed by atoms with E-state index in [1.54, 1.807) is 12.3 Å². The highest BCUT2D eigenvalue weighted by atomic mass is 79.9. The van der Waals surface area contributed by atoms with Gasteiger partial charge in [-0.2, -0.15) is 9.50 Å². The van der Waals surface area contributed by atoms with Gasteiger partial charge in [0.25, 0.3) is 0 Å². The van der Waals surface area contributed by atoms with Gasteiger partial charge in [-0.05, 0) is 73.7 Å². The third-order valence-corrected chi connectivity index (χ3v) is 8.36. The SMILES string of the molecule is Oc1c([C@@H](c2ccc(Br)cc2)N2CCC(Cc3ccccc3)CC2)sc2nc(-c3ccco3)nn12. The summed E-state index contributed by atoms with van der Waals surface area (Å²) >= 11 is 5.05. The second-order valence-corrected chi connectivity index (χ2v) is 10.9. The van der Waals surface area contributed by atoms with Gasteiger partial charge in [-0.3, -0.25) is 4.90 Å². The van der Waals surface area contributed by atoms with Crippen molar-refractivity contribution in [3.63, 3.8) is 0 Å². The highest BCUT2D eigenvalue weighted by molar-refractivity contribution is 9.10. The lowest BCUT2D eigenvalue weighted by Crippen LogP contribution is -2.37. The van der Waals surface area contributed by atoms with Gasteiger partial charge in [0.2, 0.25) is 16.7 Å². The van der Waals surface area contributed by atoms with Crippen LogP contribution in [-0.2, 0) is 6.42 Å². The van der Waals surface area contributed by atoms with Crippen LogP contribution in [0.5, 0.6) is 5.88 Å². The summed E-state index contributed by atoms with van der Waals surface area (Å²) in [5.41, 5.74) is 2.56. The number of hydrogen-bond acceptors (Lipinski definition) is 6. The number of nitrogens with zero attached hydrogens (tertiary/aromatic N) is 4. The molecule has 0 radical (unpaired) electrons. The Labute approximate surface area is 216 Å². The lowest BCUT2D eigenvalue weighted by atomic mass is 9.89. The maximum atomic E-state index is 11.3. The van der Waals surface area contributed by atoms with Crippen molar-refractivity contribution in [3.05, 3.63) is 93.5 Å². The number of aromatic nitrogens is 3. The molecule has 0 amide bonds. The number of halogens is 1. The molecule has 0 aliphatic carbocycles. The number of aromatic hydroxyl groups is 1. The number of likely N-dealkylation sites (tertiary alicyclic amines) is 1. The summed E-state index contributed by atoms with van der Waals surface area (Å²) in [6.07, 6.45) is 4.98. The molecule has 2 aromatic carbocycles. The minimum atomic E-state index is -0.0543. The van der Waals surface area contributed by atoms with Gasteiger partial charge in [-0.25, -0.2) is 0 Å². The Morgan fingerprint density at radius 1 is 1.03 bits per heavy atom. The fourth-order valence-corrected chi connectivity index (χ4v) is 6.36. The third-order valence-electron chi connectivity index (χ3n) is 6.76. The second kappa shape index (κ2) is 9.60. The zero-order chi connectivity index (χ0) is 23.8. The standard InChI is InChI=1S/C27H25BrN4O2S/c28-21-10-8-20(9-11-21)23(31-14-12-19(13-15-31)17-18-5-2-1-3-6-18)24-26(33)32-27(35-24)29-25(30-32)22-7-4-16-34-22/h1-11,16,19,23,33H,12-15,17H2/t23-/m1/s1. The molecule has 0 unspecified atom stereocenters. The zero-order valence-electron chi connectivity index (χ0n) is 19.0. The van der Waals surface area contributed by atoms with Crippen molar-refractivity contribution in [2.24, 2.45) is 5.92 Å². The van der Waals surface area contributed by atoms with Crippen LogP contribution in [0.25, 0.3) is 16.5 Å². The average molecular weight is 549 g/mol. The molecular formula is C27H25BrN4O2S. The Morgan fingerprint density at radius 2 is 1.80 bits per heavy atom. The van der Waals surface area contributed by atoms with Gasteiger partial charge in [-0.1, -0.05) is 69.7 Å². The number of furan rings is 1. The van der Waals surface area contributed by atoms with Crippen LogP contribution in [0.1, 0.15) is 34.9 Å². The van der Waals surface area contributed by atoms with E-state index < -0.39 is 0 Å². The number of thiazole rings is 1. The van der Waals surface area contributed by atoms with E-state index in [9.17, 15) is 5.11 Å². The fourth-order valence-electron chi connectivity index (χ4n) is 4.97. The van der Waals surface area contributed by atoms with E-state index in [1.165, 1.54) is 21.4 Å². The Kier molecular flexibility index (Phi) is 6.18. The van der Waals surface area contributed by atoms with Gasteiger partial charge < -0.3 is 9.52 Å². The molecule has 4 heterocycles. The Balaban J connectivity index is 1.29. The summed E-state index contributed by atoms with van der Waals surface area (Å²) in [5, 5.41) is 15.8. The Bertz CT molecular complexity index is 1410. The molecule has 1 aliphatic rings. The number of hydrogen-bond donors (Lipinski definition) is 1. The van der Waals surface area contributed by atoms with Crippen LogP contribution in [0, 0.1) is 5.92 Å². The van der Waals surface area contributed by atoms with E-state index in [0.717, 1.165) is 47.3 Å². The number of piperidine rings is 1. The molecule has 8 heteroatoms. The van der Waals surface area contributed by atoms with Gasteiger partial charge in [0, 0.05) is 4.47 Å². The normalized spacial score (nSPS) is 16.1. The van der Waals surface area contributed by atoms with Crippen LogP contribution >= 0.6 is 27.3 Å². The van der Waals surface area contributed by atoms with Crippen molar-refractivity contribution in [2.75, 3.05) is 13.1 Å². The van der Waals surface area contributed by atoms with Gasteiger partial charge in [0.05, 0.1) is 17.2 Å². The molecule has 0 saturated carbocycles. The minimum absolute atomic E-state index is 0.0543. The van der Waals surface area contributed by atoms with Crippen LogP contribution in [0.3, 0.4) is 0 Å². The lowest BCUT2D eigenvalue weighted by molar-refractivity contribution is 0.150. The van der Waals surface area contributed by atoms with Crippen LogP contribution in [0.4, 0.5) is 0 Å². The largest absolute Gasteiger partial charge is 0.492 e. The quantitative estimate of drug-likeness (QED) is 0.260. The molecule has 1 atom stereocenters. The molecule has 3 aromatic heterocycles. The molecule has 1 saturated heterocycles. The minimum Gasteiger partial charge on any atom is -0.492 e. The van der Waals surface area contributed by atoms with E-state index >= 15 is 0 Å². The second-order valence-electron chi connectivity index (χ2n) is 9.02. The zero-order valence-corrected chi connectivity index (χ0v) is 21.5. The van der Waals surface area contributed by atoms with E-state index in [4.69, 9.17) is 4.42 Å². The van der Waals surface area contributed by atoms with Crippen molar-refractivity contribution in [2.45, 2.75) is 25.3 Å². The molecule has 1 N–H and O–H groups in total. The van der Waals surface area contributed by atoms with Crippen molar-refractivity contribution in [1.82, 2.24) is 19.5 Å². The number of benzene rings is 2. The number of fused-ring (bicyclic) bond motifs is 1. The van der Waals surface area contributed by atoms with Gasteiger partial charge >= 0.3 is 0 Å². The van der Waals surface area contributed by atoms with Gasteiger partial charge in [0.15, 0.2) is 5.76 Å². The van der Waals surface area contributed by atoms with Gasteiger partial charge in [-0.15, -0.1) is 5.10 Å². The van der Waals surface area contributed by atoms with Gasteiger partial charge in [0.1, 0.15) is 0 Å². The van der Waals surface area contributed by atoms with Crippen molar-refractivity contribution in [3.8, 4) is 17.5 Å². The van der Waals surface area contributed by atoms with Crippen molar-refractivity contribution >= 4 is 32.2 Å². The lowest BCUT2D eigenvalue weighted by Gasteiger charge is -2.37. The summed E-state index contributed by atoms with van der Waals surface area (Å²) in [4.78, 5) is 8.64. The van der Waals surface area contributed by atoms with Crippen LogP contribution in [0.2, 0.25) is 0 Å². The molecule has 1 fully saturated rings. The first-order valence-corrected chi connectivity index (χ1v) is 13.4. The Morgan fingerprint density at radius 3 is 2.49 bits per heavy atom. The highest BCUT2D eigenvalue weighted by Crippen LogP contribution is 2.42. The molecule has 5 aromatic rings. The predicted octanol–water partition coefficient (Wildman–Crippen LogP) is 6.56. The first-order valence-electron chi connectivity index (χ1n) is 11.8. The predicted molar refractivity (Wildman–Crippen MR) is 141 cm³/mol. The Hall–Kier alpha value is -2.94. The summed E-state index contributed by atoms with van der Waals surface area (Å²) in [5.74, 6) is 1.89. The summed E-state index contributed by atoms with van der Waals surface area (Å²) < 4.78 is 8.01. The number of rotatable bonds is 6. The first-order chi connectivity index (χ1) is 17.2. The topological polar surface area (TPSA) is 66.8 Å². The highest BCUT2D eigenvalue weighted by Gasteiger charge is 2.32. The van der Waals surface area contributed by atoms with Crippen molar-refractivity contribution < 1.29 is 9.52 Å².